The van der Waals surface area contributed by atoms with Gasteiger partial charge in [0, 0.05) is 42.5 Å². The lowest BCUT2D eigenvalue weighted by Crippen LogP contribution is -2.37. The summed E-state index contributed by atoms with van der Waals surface area (Å²) in [6.07, 6.45) is 4.18. The van der Waals surface area contributed by atoms with Crippen LogP contribution in [0.1, 0.15) is 69.8 Å². The minimum Gasteiger partial charge on any atom is -0.454 e. The van der Waals surface area contributed by atoms with Crippen LogP contribution in [0, 0.1) is 10.8 Å². The van der Waals surface area contributed by atoms with E-state index in [1.54, 1.807) is 10.4 Å². The molecule has 2 unspecified atom stereocenters. The van der Waals surface area contributed by atoms with Gasteiger partial charge in [0.05, 0.1) is 10.5 Å². The number of rotatable bonds is 6. The number of sulfonamides is 1. The molecule has 2 heterocycles. The predicted octanol–water partition coefficient (Wildman–Crippen LogP) is 5.31. The van der Waals surface area contributed by atoms with Crippen LogP contribution in [0.4, 0.5) is 5.69 Å². The number of nitrogens with zero attached hydrogens (tertiary/aromatic N) is 2. The normalized spacial score (nSPS) is 26.5. The van der Waals surface area contributed by atoms with Crippen LogP contribution in [0.3, 0.4) is 0 Å². The Kier molecular flexibility index (Phi) is 6.58. The molecule has 39 heavy (non-hydrogen) atoms. The van der Waals surface area contributed by atoms with Crippen molar-refractivity contribution in [2.24, 2.45) is 10.8 Å². The second kappa shape index (κ2) is 9.30. The fraction of sp³-hybridized carbons (Fsp3) is 0.484. The maximum absolute atomic E-state index is 13.7. The zero-order valence-corrected chi connectivity index (χ0v) is 24.5. The zero-order valence-electron chi connectivity index (χ0n) is 23.7. The maximum Gasteiger partial charge on any atom is 0.338 e. The number of carbonyl (C=O) groups excluding carboxylic acids is 2. The molecule has 8 heteroatoms. The molecule has 1 aliphatic carbocycles. The third-order valence-corrected chi connectivity index (χ3v) is 10.5. The number of allylic oxidation sites excluding steroid dienone is 1. The van der Waals surface area contributed by atoms with Crippen molar-refractivity contribution in [1.82, 2.24) is 4.31 Å². The molecule has 2 bridgehead atoms. The molecular formula is C31H38N2O5S. The number of para-hydroxylation sites is 1. The predicted molar refractivity (Wildman–Crippen MR) is 151 cm³/mol. The summed E-state index contributed by atoms with van der Waals surface area (Å²) in [5.74, 6) is -1.07. The third kappa shape index (κ3) is 4.93. The highest BCUT2D eigenvalue weighted by atomic mass is 32.2. The summed E-state index contributed by atoms with van der Waals surface area (Å²) in [4.78, 5) is 27.7. The van der Waals surface area contributed by atoms with Crippen LogP contribution < -0.4 is 4.90 Å². The van der Waals surface area contributed by atoms with Gasteiger partial charge in [-0.3, -0.25) is 4.79 Å². The molecule has 7 nitrogen and oxygen atoms in total. The number of likely N-dealkylation sites (N-methyl/N-ethyl adjacent to an activating group) is 1. The van der Waals surface area contributed by atoms with Crippen molar-refractivity contribution < 1.29 is 22.7 Å². The van der Waals surface area contributed by atoms with Crippen molar-refractivity contribution in [3.63, 3.8) is 0 Å². The Morgan fingerprint density at radius 3 is 2.46 bits per heavy atom. The Labute approximate surface area is 231 Å². The number of benzene rings is 2. The Morgan fingerprint density at radius 1 is 1.03 bits per heavy atom. The van der Waals surface area contributed by atoms with Gasteiger partial charge in [0.2, 0.25) is 10.0 Å². The van der Waals surface area contributed by atoms with Crippen molar-refractivity contribution in [2.45, 2.75) is 70.2 Å². The van der Waals surface area contributed by atoms with Gasteiger partial charge in [-0.2, -0.15) is 4.31 Å². The fourth-order valence-electron chi connectivity index (χ4n) is 7.28. The van der Waals surface area contributed by atoms with E-state index in [-0.39, 0.29) is 38.5 Å². The monoisotopic (exact) mass is 550 g/mol. The van der Waals surface area contributed by atoms with E-state index in [0.717, 1.165) is 36.2 Å². The Bertz CT molecular complexity index is 1480. The molecule has 2 fully saturated rings. The fourth-order valence-corrected chi connectivity index (χ4v) is 9.10. The lowest BCUT2D eigenvalue weighted by Gasteiger charge is -2.39. The van der Waals surface area contributed by atoms with Gasteiger partial charge in [0.1, 0.15) is 0 Å². The number of carbonyl (C=O) groups is 2. The number of esters is 1. The number of ether oxygens (including phenoxy) is 1. The molecule has 2 aromatic rings. The number of anilines is 1. The van der Waals surface area contributed by atoms with E-state index in [1.165, 1.54) is 24.3 Å². The summed E-state index contributed by atoms with van der Waals surface area (Å²) in [5.41, 5.74) is 2.77. The number of hydrogen-bond acceptors (Lipinski definition) is 6. The van der Waals surface area contributed by atoms with Crippen molar-refractivity contribution in [3.05, 3.63) is 71.4 Å². The maximum atomic E-state index is 13.7. The molecule has 2 atom stereocenters. The van der Waals surface area contributed by atoms with Gasteiger partial charge in [0.25, 0.3) is 0 Å². The summed E-state index contributed by atoms with van der Waals surface area (Å²) < 4.78 is 34.3. The SMILES string of the molecule is CN1/C(=C\C(=O)COC(=O)c2cccc(S(=O)(=O)N3CC4(C)CC3CC(C)(C)C4)c2)C(C)(C)c2ccccc21. The first-order chi connectivity index (χ1) is 18.1. The molecule has 0 spiro atoms. The summed E-state index contributed by atoms with van der Waals surface area (Å²) in [7, 11) is -1.87. The van der Waals surface area contributed by atoms with Crippen LogP contribution in [0.2, 0.25) is 0 Å². The minimum atomic E-state index is -3.79. The van der Waals surface area contributed by atoms with Crippen LogP contribution in [0.15, 0.2) is 65.2 Å². The van der Waals surface area contributed by atoms with Crippen molar-refractivity contribution in [1.29, 1.82) is 0 Å². The summed E-state index contributed by atoms with van der Waals surface area (Å²) in [5, 5.41) is 0. The molecule has 3 aliphatic rings. The largest absolute Gasteiger partial charge is 0.454 e. The van der Waals surface area contributed by atoms with Gasteiger partial charge in [0.15, 0.2) is 12.4 Å². The lowest BCUT2D eigenvalue weighted by molar-refractivity contribution is -0.117. The Morgan fingerprint density at radius 2 is 1.74 bits per heavy atom. The molecule has 0 aromatic heterocycles. The molecule has 1 saturated carbocycles. The van der Waals surface area contributed by atoms with E-state index in [0.29, 0.717) is 6.54 Å². The van der Waals surface area contributed by atoms with Gasteiger partial charge in [-0.1, -0.05) is 58.9 Å². The first-order valence-corrected chi connectivity index (χ1v) is 14.9. The average Bonchev–Trinajstić information content (AvgIpc) is 3.24. The van der Waals surface area contributed by atoms with Crippen LogP contribution >= 0.6 is 0 Å². The highest BCUT2D eigenvalue weighted by molar-refractivity contribution is 7.89. The van der Waals surface area contributed by atoms with Crippen molar-refractivity contribution in [3.8, 4) is 0 Å². The molecular weight excluding hydrogens is 512 g/mol. The van der Waals surface area contributed by atoms with Crippen LogP contribution in [-0.2, 0) is 25.0 Å². The third-order valence-electron chi connectivity index (χ3n) is 8.63. The van der Waals surface area contributed by atoms with E-state index in [2.05, 4.69) is 40.7 Å². The van der Waals surface area contributed by atoms with E-state index in [4.69, 9.17) is 4.74 Å². The van der Waals surface area contributed by atoms with Gasteiger partial charge < -0.3 is 9.64 Å². The Hall–Kier alpha value is -2.97. The number of ketones is 1. The molecule has 2 aliphatic heterocycles. The van der Waals surface area contributed by atoms with Gasteiger partial charge in [-0.05, 0) is 59.9 Å². The van der Waals surface area contributed by atoms with E-state index < -0.39 is 22.6 Å². The minimum absolute atomic E-state index is 0.0471. The van der Waals surface area contributed by atoms with Gasteiger partial charge >= 0.3 is 5.97 Å². The quantitative estimate of drug-likeness (QED) is 0.358. The van der Waals surface area contributed by atoms with E-state index in [1.807, 2.05) is 30.1 Å². The highest BCUT2D eigenvalue weighted by Crippen LogP contribution is 2.53. The molecule has 2 aromatic carbocycles. The van der Waals surface area contributed by atoms with Gasteiger partial charge in [-0.25, -0.2) is 13.2 Å². The smallest absolute Gasteiger partial charge is 0.338 e. The van der Waals surface area contributed by atoms with Crippen molar-refractivity contribution in [2.75, 3.05) is 25.1 Å². The molecule has 1 saturated heterocycles. The molecule has 0 N–H and O–H groups in total. The highest BCUT2D eigenvalue weighted by Gasteiger charge is 2.53. The average molecular weight is 551 g/mol. The van der Waals surface area contributed by atoms with Crippen LogP contribution in [-0.4, -0.2) is 50.7 Å². The second-order valence-electron chi connectivity index (χ2n) is 13.1. The van der Waals surface area contributed by atoms with Gasteiger partial charge in [-0.15, -0.1) is 0 Å². The Balaban J connectivity index is 1.29. The van der Waals surface area contributed by atoms with E-state index >= 15 is 0 Å². The zero-order chi connectivity index (χ0) is 28.4. The van der Waals surface area contributed by atoms with Crippen LogP contribution in [0.25, 0.3) is 0 Å². The van der Waals surface area contributed by atoms with Crippen LogP contribution in [0.5, 0.6) is 0 Å². The summed E-state index contributed by atoms with van der Waals surface area (Å²) in [6, 6.07) is 13.9. The number of hydrogen-bond donors (Lipinski definition) is 0. The first kappa shape index (κ1) is 27.6. The number of fused-ring (bicyclic) bond motifs is 3. The molecule has 0 amide bonds. The topological polar surface area (TPSA) is 84.0 Å². The first-order valence-electron chi connectivity index (χ1n) is 13.5. The van der Waals surface area contributed by atoms with Crippen molar-refractivity contribution >= 4 is 27.5 Å². The molecule has 0 radical (unpaired) electrons. The molecule has 5 rings (SSSR count). The summed E-state index contributed by atoms with van der Waals surface area (Å²) >= 11 is 0. The second-order valence-corrected chi connectivity index (χ2v) is 15.0. The molecule has 208 valence electrons. The standard InChI is InChI=1S/C31H38N2O5S/c1-29(2)16-22-17-31(5,19-29)20-33(22)39(36,37)24-11-9-10-21(14-24)28(35)38-18-23(34)15-27-30(3,4)25-12-7-8-13-26(25)32(27)6/h7-15,22H,16-20H2,1-6H3/b27-15-. The lowest BCUT2D eigenvalue weighted by atomic mass is 9.65. The van der Waals surface area contributed by atoms with E-state index in [9.17, 15) is 18.0 Å². The summed E-state index contributed by atoms with van der Waals surface area (Å²) in [6.45, 7) is 10.7.